The number of anilines is 1. The molecule has 0 aromatic heterocycles. The van der Waals surface area contributed by atoms with Gasteiger partial charge < -0.3 is 4.90 Å². The summed E-state index contributed by atoms with van der Waals surface area (Å²) < 4.78 is 249. The van der Waals surface area contributed by atoms with Gasteiger partial charge in [-0.1, -0.05) is 74.0 Å². The molecule has 3 aliphatic rings. The van der Waals surface area contributed by atoms with Crippen LogP contribution in [0.4, 0.5) is 90.4 Å². The third-order valence-electron chi connectivity index (χ3n) is 11.7. The van der Waals surface area contributed by atoms with E-state index in [1.165, 1.54) is 48.6 Å². The van der Waals surface area contributed by atoms with Gasteiger partial charge in [0.15, 0.2) is 12.3 Å². The SMILES string of the molecule is CC1(C)C(/C=C/C2=C(Cl)C(=C/C=C3/N(CCC(F)(F)C(F)(F)C(F)(F)C(F)(F)F)c4ccccc4C3(C)C)/CCC2)=[N+](CCC(F)(F)C(F)(F)C(F)(F)C(F)(F)F)c2ccccc21. The maximum absolute atomic E-state index is 14.8. The average molecular weight is 948 g/mol. The summed E-state index contributed by atoms with van der Waals surface area (Å²) in [5.74, 6) is -39.4. The Morgan fingerprint density at radius 1 is 0.603 bits per heavy atom. The number of alkyl halides is 18. The first-order valence-corrected chi connectivity index (χ1v) is 19.4. The number of rotatable bonds is 13. The molecule has 0 saturated carbocycles. The second-order valence-corrected chi connectivity index (χ2v) is 16.8. The van der Waals surface area contributed by atoms with E-state index in [0.29, 0.717) is 28.7 Å². The minimum Gasteiger partial charge on any atom is -0.344 e. The molecule has 1 aliphatic carbocycles. The third-order valence-corrected chi connectivity index (χ3v) is 12.1. The Morgan fingerprint density at radius 3 is 1.67 bits per heavy atom. The summed E-state index contributed by atoms with van der Waals surface area (Å²) in [7, 11) is 0. The zero-order chi connectivity index (χ0) is 47.8. The first-order valence-electron chi connectivity index (χ1n) is 19.0. The Labute approximate surface area is 354 Å². The molecule has 0 amide bonds. The fraction of sp³-hybridized carbons (Fsp3) is 0.500. The van der Waals surface area contributed by atoms with Crippen LogP contribution in [0.2, 0.25) is 0 Å². The van der Waals surface area contributed by atoms with Crippen LogP contribution < -0.4 is 4.90 Å². The molecule has 21 heteroatoms. The van der Waals surface area contributed by atoms with Crippen molar-refractivity contribution in [3.05, 3.63) is 106 Å². The highest BCUT2D eigenvalue weighted by atomic mass is 35.5. The van der Waals surface area contributed by atoms with Crippen molar-refractivity contribution in [2.45, 2.75) is 119 Å². The summed E-state index contributed by atoms with van der Waals surface area (Å²) in [6.07, 6.45) is -11.5. The second-order valence-electron chi connectivity index (χ2n) is 16.4. The number of halogens is 19. The minimum atomic E-state index is -7.06. The van der Waals surface area contributed by atoms with E-state index in [1.54, 1.807) is 52.0 Å². The molecule has 2 aromatic rings. The van der Waals surface area contributed by atoms with Gasteiger partial charge in [-0.2, -0.15) is 83.6 Å². The quantitative estimate of drug-likeness (QED) is 0.143. The van der Waals surface area contributed by atoms with Gasteiger partial charge in [0.2, 0.25) is 5.69 Å². The van der Waals surface area contributed by atoms with Crippen molar-refractivity contribution >= 4 is 28.7 Å². The largest absolute Gasteiger partial charge is 0.460 e. The van der Waals surface area contributed by atoms with E-state index in [4.69, 9.17) is 11.6 Å². The minimum absolute atomic E-state index is 0.107. The maximum Gasteiger partial charge on any atom is 0.460 e. The van der Waals surface area contributed by atoms with Gasteiger partial charge in [0.05, 0.1) is 11.8 Å². The molecular formula is C42H38ClF18N2+. The smallest absolute Gasteiger partial charge is 0.344 e. The molecule has 63 heavy (non-hydrogen) atoms. The lowest BCUT2D eigenvalue weighted by Crippen LogP contribution is -2.61. The van der Waals surface area contributed by atoms with Crippen molar-refractivity contribution in [3.8, 4) is 0 Å². The summed E-state index contributed by atoms with van der Waals surface area (Å²) in [6.45, 7) is 4.22. The zero-order valence-electron chi connectivity index (χ0n) is 33.5. The number of benzene rings is 2. The van der Waals surface area contributed by atoms with Crippen LogP contribution in [-0.4, -0.2) is 71.3 Å². The van der Waals surface area contributed by atoms with Gasteiger partial charge in [0, 0.05) is 52.5 Å². The highest BCUT2D eigenvalue weighted by Crippen LogP contribution is 2.56. The normalized spacial score (nSPS) is 20.5. The number of hydrogen-bond donors (Lipinski definition) is 0. The van der Waals surface area contributed by atoms with Crippen LogP contribution in [0.5, 0.6) is 0 Å². The maximum atomic E-state index is 14.8. The molecule has 2 heterocycles. The number of fused-ring (bicyclic) bond motifs is 2. The summed E-state index contributed by atoms with van der Waals surface area (Å²) in [5.41, 5.74) is 0.254. The lowest BCUT2D eigenvalue weighted by Gasteiger charge is -2.35. The molecule has 0 unspecified atom stereocenters. The monoisotopic (exact) mass is 947 g/mol. The first-order chi connectivity index (χ1) is 28.5. The summed E-state index contributed by atoms with van der Waals surface area (Å²) in [4.78, 5) is 1.10. The van der Waals surface area contributed by atoms with E-state index in [1.807, 2.05) is 0 Å². The van der Waals surface area contributed by atoms with Crippen molar-refractivity contribution in [3.63, 3.8) is 0 Å². The molecular weight excluding hydrogens is 910 g/mol. The van der Waals surface area contributed by atoms with E-state index in [-0.39, 0.29) is 40.7 Å². The highest BCUT2D eigenvalue weighted by molar-refractivity contribution is 6.32. The predicted octanol–water partition coefficient (Wildman–Crippen LogP) is 14.6. The molecule has 5 rings (SSSR count). The Bertz CT molecular complexity index is 2240. The number of allylic oxidation sites excluding steroid dienone is 8. The fourth-order valence-electron chi connectivity index (χ4n) is 7.96. The van der Waals surface area contributed by atoms with E-state index in [2.05, 4.69) is 0 Å². The lowest BCUT2D eigenvalue weighted by molar-refractivity contribution is -0.454. The van der Waals surface area contributed by atoms with Crippen molar-refractivity contribution in [1.82, 2.24) is 0 Å². The Balaban J connectivity index is 1.50. The van der Waals surface area contributed by atoms with Crippen LogP contribution in [0, 0.1) is 0 Å². The number of para-hydroxylation sites is 2. The molecule has 2 aliphatic heterocycles. The Morgan fingerprint density at radius 2 is 1.11 bits per heavy atom. The van der Waals surface area contributed by atoms with Crippen LogP contribution >= 0.6 is 11.6 Å². The molecule has 0 saturated heterocycles. The van der Waals surface area contributed by atoms with E-state index < -0.39 is 84.6 Å². The molecule has 348 valence electrons. The molecule has 0 atom stereocenters. The van der Waals surface area contributed by atoms with E-state index >= 15 is 0 Å². The predicted molar refractivity (Wildman–Crippen MR) is 199 cm³/mol. The van der Waals surface area contributed by atoms with E-state index in [0.717, 1.165) is 9.48 Å². The number of nitrogens with zero attached hydrogens (tertiary/aromatic N) is 2. The van der Waals surface area contributed by atoms with Crippen LogP contribution in [0.15, 0.2) is 94.7 Å². The van der Waals surface area contributed by atoms with Crippen molar-refractivity contribution in [1.29, 1.82) is 0 Å². The van der Waals surface area contributed by atoms with E-state index in [9.17, 15) is 79.0 Å². The van der Waals surface area contributed by atoms with Crippen LogP contribution in [0.1, 0.15) is 70.9 Å². The lowest BCUT2D eigenvalue weighted by atomic mass is 9.81. The molecule has 0 fully saturated rings. The summed E-state index contributed by atoms with van der Waals surface area (Å²) in [6, 6.07) is 12.0. The summed E-state index contributed by atoms with van der Waals surface area (Å²) in [5, 5.41) is 0.107. The third kappa shape index (κ3) is 8.27. The molecule has 0 bridgehead atoms. The molecule has 0 spiro atoms. The fourth-order valence-corrected chi connectivity index (χ4v) is 8.28. The topological polar surface area (TPSA) is 6.25 Å². The Hall–Kier alpha value is -4.10. The van der Waals surface area contributed by atoms with Gasteiger partial charge >= 0.3 is 47.9 Å². The van der Waals surface area contributed by atoms with Gasteiger partial charge in [0.25, 0.3) is 0 Å². The van der Waals surface area contributed by atoms with Crippen LogP contribution in [-0.2, 0) is 10.8 Å². The van der Waals surface area contributed by atoms with Crippen molar-refractivity contribution in [2.75, 3.05) is 18.0 Å². The standard InChI is InChI=1S/C42H38ClF18N2/c1-33(2)26-12-5-7-14-28(26)62(22-20-35(44,45)37(48,49)39(52,53)41(56,57)58)30(33)18-16-24-10-9-11-25(32(24)43)17-19-31-34(3,4)27-13-6-8-15-29(27)63(31)23-21-36(46,47)38(50,51)40(54,55)42(59,60)61/h5-8,12-19H,9-11,20-23H2,1-4H3/q+1. The van der Waals surface area contributed by atoms with Gasteiger partial charge in [0.1, 0.15) is 0 Å². The molecule has 2 nitrogen and oxygen atoms in total. The highest BCUT2D eigenvalue weighted by Gasteiger charge is 2.82. The summed E-state index contributed by atoms with van der Waals surface area (Å²) >= 11 is 6.82. The van der Waals surface area contributed by atoms with Gasteiger partial charge in [-0.15, -0.1) is 0 Å². The first kappa shape index (κ1) is 49.9. The van der Waals surface area contributed by atoms with Gasteiger partial charge in [-0.05, 0) is 62.0 Å². The second kappa shape index (κ2) is 16.1. The van der Waals surface area contributed by atoms with Crippen LogP contribution in [0.3, 0.4) is 0 Å². The number of hydrogen-bond acceptors (Lipinski definition) is 1. The molecule has 2 aromatic carbocycles. The molecule has 0 radical (unpaired) electrons. The average Bonchev–Trinajstić information content (AvgIpc) is 3.52. The van der Waals surface area contributed by atoms with Crippen molar-refractivity contribution in [2.24, 2.45) is 0 Å². The van der Waals surface area contributed by atoms with Crippen molar-refractivity contribution < 1.29 is 83.6 Å². The van der Waals surface area contributed by atoms with Crippen LogP contribution in [0.25, 0.3) is 0 Å². The zero-order valence-corrected chi connectivity index (χ0v) is 34.2. The van der Waals surface area contributed by atoms with Gasteiger partial charge in [-0.3, -0.25) is 0 Å². The Kier molecular flexibility index (Phi) is 12.8. The van der Waals surface area contributed by atoms with Gasteiger partial charge in [-0.25, -0.2) is 0 Å². The molecule has 0 N–H and O–H groups in total.